The minimum Gasteiger partial charge on any atom is -0.484 e. The highest BCUT2D eigenvalue weighted by Gasteiger charge is 2.43. The number of hydrogen-bond donors (Lipinski definition) is 0. The van der Waals surface area contributed by atoms with E-state index in [1.165, 1.54) is 38.6 Å². The van der Waals surface area contributed by atoms with E-state index in [4.69, 9.17) is 21.1 Å². The van der Waals surface area contributed by atoms with Crippen LogP contribution in [0.25, 0.3) is 0 Å². The number of nitrogens with zero attached hydrogens (tertiary/aromatic N) is 2. The van der Waals surface area contributed by atoms with Crippen LogP contribution in [0.2, 0.25) is 5.02 Å². The summed E-state index contributed by atoms with van der Waals surface area (Å²) < 4.78 is 11.6. The lowest BCUT2D eigenvalue weighted by molar-refractivity contribution is -0.133. The quantitative estimate of drug-likeness (QED) is 0.746. The summed E-state index contributed by atoms with van der Waals surface area (Å²) in [6.45, 7) is 4.87. The van der Waals surface area contributed by atoms with E-state index in [1.54, 1.807) is 12.1 Å². The van der Waals surface area contributed by atoms with Crippen LogP contribution in [0.1, 0.15) is 44.9 Å². The van der Waals surface area contributed by atoms with Crippen molar-refractivity contribution in [2.75, 3.05) is 39.4 Å². The van der Waals surface area contributed by atoms with Gasteiger partial charge in [-0.05, 0) is 69.7 Å². The molecule has 154 valence electrons. The molecule has 0 aromatic heterocycles. The van der Waals surface area contributed by atoms with Gasteiger partial charge >= 0.3 is 0 Å². The van der Waals surface area contributed by atoms with Crippen LogP contribution in [0.4, 0.5) is 0 Å². The number of carbonyl (C=O) groups is 1. The molecule has 0 radical (unpaired) electrons. The number of hydrogen-bond acceptors (Lipinski definition) is 4. The van der Waals surface area contributed by atoms with Gasteiger partial charge in [-0.15, -0.1) is 0 Å². The summed E-state index contributed by atoms with van der Waals surface area (Å²) in [7, 11) is 0. The maximum absolute atomic E-state index is 12.7. The van der Waals surface area contributed by atoms with Gasteiger partial charge in [0.05, 0.1) is 6.10 Å². The molecule has 0 unspecified atom stereocenters. The van der Waals surface area contributed by atoms with Crippen molar-refractivity contribution in [3.05, 3.63) is 29.3 Å². The zero-order valence-electron chi connectivity index (χ0n) is 16.6. The maximum Gasteiger partial charge on any atom is 0.260 e. The number of ether oxygens (including phenoxy) is 2. The van der Waals surface area contributed by atoms with Crippen LogP contribution in [0, 0.1) is 0 Å². The Balaban J connectivity index is 1.31. The number of rotatable bonds is 5. The van der Waals surface area contributed by atoms with Gasteiger partial charge in [0.15, 0.2) is 6.61 Å². The van der Waals surface area contributed by atoms with Crippen LogP contribution in [0.15, 0.2) is 24.3 Å². The summed E-state index contributed by atoms with van der Waals surface area (Å²) in [6.07, 6.45) is 8.60. The largest absolute Gasteiger partial charge is 0.484 e. The molecule has 3 aliphatic heterocycles. The summed E-state index contributed by atoms with van der Waals surface area (Å²) in [5.74, 6) is 0.714. The lowest BCUT2D eigenvalue weighted by Gasteiger charge is -2.39. The molecule has 1 spiro atoms. The third-order valence-electron chi connectivity index (χ3n) is 6.62. The van der Waals surface area contributed by atoms with E-state index in [0.29, 0.717) is 16.9 Å². The van der Waals surface area contributed by atoms with E-state index in [1.807, 2.05) is 17.0 Å². The summed E-state index contributed by atoms with van der Waals surface area (Å²) in [6, 6.07) is 7.21. The second kappa shape index (κ2) is 9.02. The van der Waals surface area contributed by atoms with Crippen molar-refractivity contribution in [2.24, 2.45) is 0 Å². The number of amides is 1. The molecule has 0 aliphatic carbocycles. The summed E-state index contributed by atoms with van der Waals surface area (Å²) >= 11 is 5.99. The second-order valence-electron chi connectivity index (χ2n) is 8.39. The first-order chi connectivity index (χ1) is 13.6. The van der Waals surface area contributed by atoms with Crippen LogP contribution >= 0.6 is 11.6 Å². The van der Waals surface area contributed by atoms with E-state index >= 15 is 0 Å². The Bertz CT molecular complexity index is 680. The topological polar surface area (TPSA) is 42.0 Å². The van der Waals surface area contributed by atoms with Crippen molar-refractivity contribution >= 4 is 17.5 Å². The van der Waals surface area contributed by atoms with E-state index in [2.05, 4.69) is 4.90 Å². The van der Waals surface area contributed by atoms with Crippen LogP contribution in [0.3, 0.4) is 0 Å². The fourth-order valence-electron chi connectivity index (χ4n) is 5.10. The fourth-order valence-corrected chi connectivity index (χ4v) is 5.28. The van der Waals surface area contributed by atoms with Gasteiger partial charge in [-0.3, -0.25) is 9.69 Å². The van der Waals surface area contributed by atoms with Crippen molar-refractivity contribution in [1.82, 2.24) is 9.80 Å². The van der Waals surface area contributed by atoms with E-state index in [9.17, 15) is 4.79 Å². The molecule has 0 N–H and O–H groups in total. The molecule has 0 saturated carbocycles. The van der Waals surface area contributed by atoms with Gasteiger partial charge in [0, 0.05) is 36.8 Å². The molecule has 1 aromatic carbocycles. The van der Waals surface area contributed by atoms with E-state index < -0.39 is 0 Å². The molecule has 3 heterocycles. The second-order valence-corrected chi connectivity index (χ2v) is 8.83. The number of likely N-dealkylation sites (tertiary alicyclic amines) is 2. The van der Waals surface area contributed by atoms with Crippen molar-refractivity contribution in [3.63, 3.8) is 0 Å². The van der Waals surface area contributed by atoms with E-state index in [0.717, 1.165) is 39.1 Å². The number of benzene rings is 1. The van der Waals surface area contributed by atoms with Crippen molar-refractivity contribution < 1.29 is 14.3 Å². The number of carbonyl (C=O) groups excluding carboxylic acids is 1. The molecule has 3 fully saturated rings. The van der Waals surface area contributed by atoms with E-state index in [-0.39, 0.29) is 18.1 Å². The standard InChI is InChI=1S/C22H31ClN2O3/c23-18-5-1-6-19(15-18)28-17-21(26)24-11-3-8-22(10-13-24)9-4-12-25(22)16-20-7-2-14-27-20/h1,5-6,15,20H,2-4,7-14,16-17H2/t20-,22+/m1/s1. The number of halogens is 1. The van der Waals surface area contributed by atoms with Gasteiger partial charge < -0.3 is 14.4 Å². The Hall–Kier alpha value is -1.30. The molecule has 3 aliphatic rings. The zero-order valence-corrected chi connectivity index (χ0v) is 17.3. The Labute approximate surface area is 172 Å². The first-order valence-electron chi connectivity index (χ1n) is 10.7. The molecule has 1 amide bonds. The van der Waals surface area contributed by atoms with Crippen LogP contribution in [-0.4, -0.2) is 66.7 Å². The molecule has 6 heteroatoms. The average Bonchev–Trinajstić information content (AvgIpc) is 3.28. The molecule has 2 atom stereocenters. The Kier molecular flexibility index (Phi) is 6.44. The molecule has 5 nitrogen and oxygen atoms in total. The van der Waals surface area contributed by atoms with Gasteiger partial charge in [-0.1, -0.05) is 17.7 Å². The molecule has 0 bridgehead atoms. The minimum atomic E-state index is 0.0701. The smallest absolute Gasteiger partial charge is 0.260 e. The molecule has 3 saturated heterocycles. The highest BCUT2D eigenvalue weighted by atomic mass is 35.5. The van der Waals surface area contributed by atoms with Gasteiger partial charge in [0.2, 0.25) is 0 Å². The Morgan fingerprint density at radius 3 is 2.82 bits per heavy atom. The normalized spacial score (nSPS) is 28.6. The van der Waals surface area contributed by atoms with Gasteiger partial charge in [0.25, 0.3) is 5.91 Å². The predicted octanol–water partition coefficient (Wildman–Crippen LogP) is 3.74. The molecule has 28 heavy (non-hydrogen) atoms. The minimum absolute atomic E-state index is 0.0701. The SMILES string of the molecule is O=C(COc1cccc(Cl)c1)N1CCC[C@]2(CCCN2C[C@H]2CCCO2)CC1. The zero-order chi connectivity index (χ0) is 19.4. The van der Waals surface area contributed by atoms with Gasteiger partial charge in [-0.2, -0.15) is 0 Å². The van der Waals surface area contributed by atoms with Crippen molar-refractivity contribution in [3.8, 4) is 5.75 Å². The van der Waals surface area contributed by atoms with Crippen LogP contribution in [-0.2, 0) is 9.53 Å². The molecule has 1 aromatic rings. The highest BCUT2D eigenvalue weighted by molar-refractivity contribution is 6.30. The summed E-state index contributed by atoms with van der Waals surface area (Å²) in [4.78, 5) is 17.4. The first-order valence-corrected chi connectivity index (χ1v) is 11.1. The molecular weight excluding hydrogens is 376 g/mol. The van der Waals surface area contributed by atoms with Gasteiger partial charge in [0.1, 0.15) is 5.75 Å². The fraction of sp³-hybridized carbons (Fsp3) is 0.682. The van der Waals surface area contributed by atoms with Crippen LogP contribution < -0.4 is 4.74 Å². The summed E-state index contributed by atoms with van der Waals surface area (Å²) in [5.41, 5.74) is 0.259. The third kappa shape index (κ3) is 4.64. The van der Waals surface area contributed by atoms with Gasteiger partial charge in [-0.25, -0.2) is 0 Å². The van der Waals surface area contributed by atoms with Crippen molar-refractivity contribution in [1.29, 1.82) is 0 Å². The maximum atomic E-state index is 12.7. The summed E-state index contributed by atoms with van der Waals surface area (Å²) in [5, 5.41) is 0.620. The third-order valence-corrected chi connectivity index (χ3v) is 6.85. The lowest BCUT2D eigenvalue weighted by Crippen LogP contribution is -2.48. The molecule has 4 rings (SSSR count). The lowest BCUT2D eigenvalue weighted by atomic mass is 9.87. The Morgan fingerprint density at radius 2 is 2.04 bits per heavy atom. The highest BCUT2D eigenvalue weighted by Crippen LogP contribution is 2.39. The van der Waals surface area contributed by atoms with Crippen LogP contribution in [0.5, 0.6) is 5.75 Å². The molecular formula is C22H31ClN2O3. The van der Waals surface area contributed by atoms with Crippen molar-refractivity contribution in [2.45, 2.75) is 56.6 Å². The monoisotopic (exact) mass is 406 g/mol. The first kappa shape index (κ1) is 20.0. The Morgan fingerprint density at radius 1 is 1.18 bits per heavy atom. The average molecular weight is 407 g/mol. The predicted molar refractivity (Wildman–Crippen MR) is 110 cm³/mol.